The van der Waals surface area contributed by atoms with Gasteiger partial charge < -0.3 is 16.0 Å². The Morgan fingerprint density at radius 3 is 2.00 bits per heavy atom. The fraction of sp³-hybridized carbons (Fsp3) is 0.111. The molecule has 116 valence electrons. The van der Waals surface area contributed by atoms with E-state index in [0.717, 1.165) is 22.3 Å². The SMILES string of the molecule is Cc1noc(-c2ccc(-c3ccc(CC(=N)N)cc3)cc2)c1N. The minimum Gasteiger partial charge on any atom is -0.394 e. The molecule has 0 amide bonds. The average molecular weight is 306 g/mol. The zero-order valence-electron chi connectivity index (χ0n) is 12.8. The maximum Gasteiger partial charge on any atom is 0.189 e. The number of aryl methyl sites for hydroxylation is 1. The van der Waals surface area contributed by atoms with E-state index in [0.29, 0.717) is 23.6 Å². The third-order valence-corrected chi connectivity index (χ3v) is 3.74. The number of nitrogens with one attached hydrogen (secondary N) is 1. The Morgan fingerprint density at radius 2 is 1.52 bits per heavy atom. The Hall–Kier alpha value is -3.08. The predicted octanol–water partition coefficient (Wildman–Crippen LogP) is 3.38. The molecule has 5 nitrogen and oxygen atoms in total. The van der Waals surface area contributed by atoms with Crippen LogP contribution < -0.4 is 11.5 Å². The number of benzene rings is 2. The molecule has 1 heterocycles. The fourth-order valence-corrected chi connectivity index (χ4v) is 2.43. The highest BCUT2D eigenvalue weighted by molar-refractivity contribution is 5.80. The Morgan fingerprint density at radius 1 is 1.00 bits per heavy atom. The van der Waals surface area contributed by atoms with E-state index >= 15 is 0 Å². The Balaban J connectivity index is 1.84. The van der Waals surface area contributed by atoms with Gasteiger partial charge in [-0.3, -0.25) is 5.41 Å². The summed E-state index contributed by atoms with van der Waals surface area (Å²) in [5.74, 6) is 0.771. The van der Waals surface area contributed by atoms with Crippen molar-refractivity contribution in [1.29, 1.82) is 5.41 Å². The molecule has 0 spiro atoms. The van der Waals surface area contributed by atoms with Crippen molar-refractivity contribution in [2.45, 2.75) is 13.3 Å². The summed E-state index contributed by atoms with van der Waals surface area (Å²) in [6.45, 7) is 1.82. The van der Waals surface area contributed by atoms with Crippen LogP contribution in [0.15, 0.2) is 53.1 Å². The first-order valence-corrected chi connectivity index (χ1v) is 7.29. The number of nitrogens with zero attached hydrogens (tertiary/aromatic N) is 1. The molecule has 0 saturated heterocycles. The normalized spacial score (nSPS) is 10.7. The molecule has 0 bridgehead atoms. The Kier molecular flexibility index (Phi) is 3.85. The van der Waals surface area contributed by atoms with E-state index in [4.69, 9.17) is 21.4 Å². The molecule has 23 heavy (non-hydrogen) atoms. The summed E-state index contributed by atoms with van der Waals surface area (Å²) in [5.41, 5.74) is 16.8. The van der Waals surface area contributed by atoms with E-state index in [9.17, 15) is 0 Å². The second-order valence-electron chi connectivity index (χ2n) is 5.49. The van der Waals surface area contributed by atoms with E-state index in [1.807, 2.05) is 55.5 Å². The van der Waals surface area contributed by atoms with E-state index < -0.39 is 0 Å². The van der Waals surface area contributed by atoms with Crippen LogP contribution in [0.2, 0.25) is 0 Å². The summed E-state index contributed by atoms with van der Waals surface area (Å²) < 4.78 is 5.27. The molecule has 0 fully saturated rings. The Labute approximate surface area is 134 Å². The molecule has 0 unspecified atom stereocenters. The molecule has 1 aromatic heterocycles. The van der Waals surface area contributed by atoms with Gasteiger partial charge in [0.15, 0.2) is 5.76 Å². The molecule has 5 heteroatoms. The number of aromatic nitrogens is 1. The minimum absolute atomic E-state index is 0.169. The topological polar surface area (TPSA) is 102 Å². The van der Waals surface area contributed by atoms with Crippen molar-refractivity contribution in [1.82, 2.24) is 5.16 Å². The third-order valence-electron chi connectivity index (χ3n) is 3.74. The summed E-state index contributed by atoms with van der Waals surface area (Å²) >= 11 is 0. The molecule has 0 aliphatic heterocycles. The number of nitrogen functional groups attached to an aromatic ring is 1. The van der Waals surface area contributed by atoms with E-state index in [-0.39, 0.29) is 5.84 Å². The lowest BCUT2D eigenvalue weighted by Gasteiger charge is -2.05. The van der Waals surface area contributed by atoms with Crippen LogP contribution in [-0.2, 0) is 6.42 Å². The van der Waals surface area contributed by atoms with Gasteiger partial charge in [-0.2, -0.15) is 0 Å². The second-order valence-corrected chi connectivity index (χ2v) is 5.49. The van der Waals surface area contributed by atoms with Gasteiger partial charge in [-0.15, -0.1) is 0 Å². The number of nitrogens with two attached hydrogens (primary N) is 2. The maximum atomic E-state index is 7.33. The largest absolute Gasteiger partial charge is 0.394 e. The van der Waals surface area contributed by atoms with Crippen molar-refractivity contribution in [3.05, 3.63) is 59.8 Å². The van der Waals surface area contributed by atoms with Crippen molar-refractivity contribution in [3.8, 4) is 22.5 Å². The van der Waals surface area contributed by atoms with Gasteiger partial charge in [-0.1, -0.05) is 53.7 Å². The first-order chi connectivity index (χ1) is 11.0. The highest BCUT2D eigenvalue weighted by atomic mass is 16.5. The summed E-state index contributed by atoms with van der Waals surface area (Å²) in [5, 5.41) is 11.2. The predicted molar refractivity (Wildman–Crippen MR) is 92.1 cm³/mol. The highest BCUT2D eigenvalue weighted by Crippen LogP contribution is 2.30. The number of anilines is 1. The standard InChI is InChI=1S/C18H18N4O/c1-11-17(21)18(23-22-11)15-8-6-14(7-9-15)13-4-2-12(3-5-13)10-16(19)20/h2-9H,10,21H2,1H3,(H3,19,20). The van der Waals surface area contributed by atoms with Crippen LogP contribution in [0.25, 0.3) is 22.5 Å². The summed E-state index contributed by atoms with van der Waals surface area (Å²) in [4.78, 5) is 0. The summed E-state index contributed by atoms with van der Waals surface area (Å²) in [6, 6.07) is 16.0. The zero-order chi connectivity index (χ0) is 16.4. The van der Waals surface area contributed by atoms with E-state index in [1.165, 1.54) is 0 Å². The van der Waals surface area contributed by atoms with Crippen LogP contribution in [0.4, 0.5) is 5.69 Å². The molecule has 0 aliphatic rings. The lowest BCUT2D eigenvalue weighted by molar-refractivity contribution is 0.427. The minimum atomic E-state index is 0.169. The first-order valence-electron chi connectivity index (χ1n) is 7.29. The molecule has 0 atom stereocenters. The monoisotopic (exact) mass is 306 g/mol. The number of rotatable bonds is 4. The zero-order valence-corrected chi connectivity index (χ0v) is 12.8. The number of hydrogen-bond acceptors (Lipinski definition) is 4. The van der Waals surface area contributed by atoms with Crippen LogP contribution in [-0.4, -0.2) is 11.0 Å². The van der Waals surface area contributed by atoms with Gasteiger partial charge in [0.05, 0.1) is 5.84 Å². The highest BCUT2D eigenvalue weighted by Gasteiger charge is 2.11. The lowest BCUT2D eigenvalue weighted by Crippen LogP contribution is -2.12. The third kappa shape index (κ3) is 3.08. The molecular formula is C18H18N4O. The smallest absolute Gasteiger partial charge is 0.189 e. The van der Waals surface area contributed by atoms with Gasteiger partial charge in [0, 0.05) is 12.0 Å². The number of hydrogen-bond donors (Lipinski definition) is 3. The maximum absolute atomic E-state index is 7.33. The Bertz CT molecular complexity index is 832. The molecule has 5 N–H and O–H groups in total. The fourth-order valence-electron chi connectivity index (χ4n) is 2.43. The van der Waals surface area contributed by atoms with E-state index in [2.05, 4.69) is 5.16 Å². The van der Waals surface area contributed by atoms with Crippen LogP contribution in [0.1, 0.15) is 11.3 Å². The lowest BCUT2D eigenvalue weighted by atomic mass is 10.0. The van der Waals surface area contributed by atoms with Gasteiger partial charge in [0.2, 0.25) is 0 Å². The van der Waals surface area contributed by atoms with Crippen LogP contribution in [0.3, 0.4) is 0 Å². The van der Waals surface area contributed by atoms with E-state index in [1.54, 1.807) is 0 Å². The van der Waals surface area contributed by atoms with Gasteiger partial charge in [0.1, 0.15) is 11.4 Å². The molecule has 0 saturated carbocycles. The molecule has 0 radical (unpaired) electrons. The summed E-state index contributed by atoms with van der Waals surface area (Å²) in [6.07, 6.45) is 0.476. The van der Waals surface area contributed by atoms with Crippen molar-refractivity contribution in [3.63, 3.8) is 0 Å². The summed E-state index contributed by atoms with van der Waals surface area (Å²) in [7, 11) is 0. The van der Waals surface area contributed by atoms with Crippen LogP contribution in [0, 0.1) is 12.3 Å². The van der Waals surface area contributed by atoms with Crippen LogP contribution >= 0.6 is 0 Å². The van der Waals surface area contributed by atoms with Crippen LogP contribution in [0.5, 0.6) is 0 Å². The second kappa shape index (κ2) is 5.96. The molecule has 0 aliphatic carbocycles. The van der Waals surface area contributed by atoms with Gasteiger partial charge in [-0.05, 0) is 23.6 Å². The molecule has 2 aromatic carbocycles. The van der Waals surface area contributed by atoms with Gasteiger partial charge >= 0.3 is 0 Å². The van der Waals surface area contributed by atoms with Crippen molar-refractivity contribution >= 4 is 11.5 Å². The van der Waals surface area contributed by atoms with Gasteiger partial charge in [-0.25, -0.2) is 0 Å². The van der Waals surface area contributed by atoms with Gasteiger partial charge in [0.25, 0.3) is 0 Å². The number of amidine groups is 1. The molecular weight excluding hydrogens is 288 g/mol. The first kappa shape index (κ1) is 14.8. The van der Waals surface area contributed by atoms with Crippen molar-refractivity contribution in [2.75, 3.05) is 5.73 Å². The van der Waals surface area contributed by atoms with Crippen molar-refractivity contribution < 1.29 is 4.52 Å². The quantitative estimate of drug-likeness (QED) is 0.508. The average Bonchev–Trinajstić information content (AvgIpc) is 2.87. The van der Waals surface area contributed by atoms with Crippen molar-refractivity contribution in [2.24, 2.45) is 5.73 Å². The molecule has 3 rings (SSSR count). The molecule has 3 aromatic rings.